The molecule has 0 radical (unpaired) electrons. The number of anilines is 1. The van der Waals surface area contributed by atoms with Gasteiger partial charge in [-0.15, -0.1) is 0 Å². The largest absolute Gasteiger partial charge is 0.360 e. The number of nitrogens with zero attached hydrogens (tertiary/aromatic N) is 2. The monoisotopic (exact) mass is 360 g/mol. The molecule has 0 aromatic heterocycles. The molecule has 0 saturated heterocycles. The third kappa shape index (κ3) is 3.66. The van der Waals surface area contributed by atoms with Crippen molar-refractivity contribution in [1.29, 1.82) is 5.26 Å². The molecule has 1 heterocycles. The second kappa shape index (κ2) is 7.04. The maximum atomic E-state index is 13.2. The molecule has 138 valence electrons. The van der Waals surface area contributed by atoms with Gasteiger partial charge in [0.15, 0.2) is 0 Å². The fourth-order valence-electron chi connectivity index (χ4n) is 4.08. The van der Waals surface area contributed by atoms with Gasteiger partial charge in [-0.2, -0.15) is 5.26 Å². The zero-order valence-electron chi connectivity index (χ0n) is 16.5. The van der Waals surface area contributed by atoms with Crippen LogP contribution in [-0.2, 0) is 0 Å². The molecule has 3 heteroatoms. The van der Waals surface area contributed by atoms with Crippen LogP contribution >= 0.6 is 0 Å². The smallest absolute Gasteiger partial charge is 0.123 e. The molecule has 0 unspecified atom stereocenters. The van der Waals surface area contributed by atoms with Crippen molar-refractivity contribution in [3.8, 4) is 6.07 Å². The Hall–Kier alpha value is -2.86. The molecule has 27 heavy (non-hydrogen) atoms. The van der Waals surface area contributed by atoms with Crippen LogP contribution in [0.2, 0.25) is 0 Å². The Balaban J connectivity index is 2.07. The summed E-state index contributed by atoms with van der Waals surface area (Å²) >= 11 is 0. The summed E-state index contributed by atoms with van der Waals surface area (Å²) in [6.07, 6.45) is 4.16. The molecule has 1 aliphatic heterocycles. The lowest BCUT2D eigenvalue weighted by Crippen LogP contribution is -2.49. The van der Waals surface area contributed by atoms with E-state index in [1.807, 2.05) is 12.1 Å². The minimum absolute atomic E-state index is 0.0471. The van der Waals surface area contributed by atoms with Crippen molar-refractivity contribution in [1.82, 2.24) is 0 Å². The number of hydrogen-bond donors (Lipinski definition) is 0. The normalized spacial score (nSPS) is 16.0. The topological polar surface area (TPSA) is 27.0 Å². The SMILES string of the molecule is CC1=CC(C)(C)N(C(C)C)c2ccc(/C=C(/C#N)c3ccc(F)cc3)cc21. The van der Waals surface area contributed by atoms with Crippen LogP contribution < -0.4 is 4.90 Å². The fourth-order valence-corrected chi connectivity index (χ4v) is 4.08. The summed E-state index contributed by atoms with van der Waals surface area (Å²) in [5.74, 6) is -0.304. The minimum atomic E-state index is -0.304. The number of nitriles is 1. The van der Waals surface area contributed by atoms with Crippen LogP contribution in [0, 0.1) is 17.1 Å². The van der Waals surface area contributed by atoms with Crippen LogP contribution in [0.25, 0.3) is 17.2 Å². The molecule has 2 nitrogen and oxygen atoms in total. The number of allylic oxidation sites excluding steroid dienone is 2. The van der Waals surface area contributed by atoms with Crippen LogP contribution in [0.5, 0.6) is 0 Å². The first kappa shape index (κ1) is 18.9. The van der Waals surface area contributed by atoms with Gasteiger partial charge in [0.2, 0.25) is 0 Å². The number of halogens is 1. The molecule has 0 spiro atoms. The molecule has 3 rings (SSSR count). The summed E-state index contributed by atoms with van der Waals surface area (Å²) in [4.78, 5) is 2.42. The lowest BCUT2D eigenvalue weighted by molar-refractivity contribution is 0.507. The highest BCUT2D eigenvalue weighted by Gasteiger charge is 2.32. The first-order valence-electron chi connectivity index (χ1n) is 9.24. The minimum Gasteiger partial charge on any atom is -0.360 e. The van der Waals surface area contributed by atoms with Crippen molar-refractivity contribution in [2.45, 2.75) is 46.2 Å². The quantitative estimate of drug-likeness (QED) is 0.474. The van der Waals surface area contributed by atoms with Gasteiger partial charge < -0.3 is 4.90 Å². The predicted molar refractivity (Wildman–Crippen MR) is 112 cm³/mol. The number of rotatable bonds is 3. The lowest BCUT2D eigenvalue weighted by atomic mass is 9.86. The first-order valence-corrected chi connectivity index (χ1v) is 9.24. The molecular formula is C24H25FN2. The average molecular weight is 360 g/mol. The summed E-state index contributed by atoms with van der Waals surface area (Å²) in [5, 5.41) is 9.55. The maximum absolute atomic E-state index is 13.2. The van der Waals surface area contributed by atoms with E-state index in [1.165, 1.54) is 29.0 Å². The van der Waals surface area contributed by atoms with Gasteiger partial charge in [-0.05, 0) is 81.7 Å². The average Bonchev–Trinajstić information content (AvgIpc) is 2.60. The summed E-state index contributed by atoms with van der Waals surface area (Å²) in [5.41, 5.74) is 5.80. The van der Waals surface area contributed by atoms with E-state index in [-0.39, 0.29) is 11.4 Å². The van der Waals surface area contributed by atoms with Gasteiger partial charge in [0.05, 0.1) is 17.2 Å². The van der Waals surface area contributed by atoms with E-state index in [4.69, 9.17) is 0 Å². The van der Waals surface area contributed by atoms with E-state index in [2.05, 4.69) is 63.8 Å². The van der Waals surface area contributed by atoms with Crippen LogP contribution in [0.15, 0.2) is 48.5 Å². The Bertz CT molecular complexity index is 957. The van der Waals surface area contributed by atoms with Gasteiger partial charge in [-0.1, -0.05) is 24.3 Å². The van der Waals surface area contributed by atoms with Crippen molar-refractivity contribution in [2.75, 3.05) is 4.90 Å². The molecule has 1 aliphatic rings. The van der Waals surface area contributed by atoms with Crippen molar-refractivity contribution in [3.05, 3.63) is 71.0 Å². The first-order chi connectivity index (χ1) is 12.7. The van der Waals surface area contributed by atoms with Gasteiger partial charge in [-0.3, -0.25) is 0 Å². The Morgan fingerprint density at radius 1 is 1.15 bits per heavy atom. The Labute approximate surface area is 161 Å². The summed E-state index contributed by atoms with van der Waals surface area (Å²) in [6.45, 7) is 11.0. The van der Waals surface area contributed by atoms with Gasteiger partial charge in [0, 0.05) is 17.3 Å². The maximum Gasteiger partial charge on any atom is 0.123 e. The van der Waals surface area contributed by atoms with Crippen molar-refractivity contribution < 1.29 is 4.39 Å². The van der Waals surface area contributed by atoms with Crippen LogP contribution in [-0.4, -0.2) is 11.6 Å². The molecule has 0 aliphatic carbocycles. The molecule has 2 aromatic carbocycles. The highest BCUT2D eigenvalue weighted by Crippen LogP contribution is 2.40. The van der Waals surface area contributed by atoms with E-state index in [0.29, 0.717) is 17.2 Å². The van der Waals surface area contributed by atoms with Crippen molar-refractivity contribution in [2.24, 2.45) is 0 Å². The van der Waals surface area contributed by atoms with E-state index >= 15 is 0 Å². The van der Waals surface area contributed by atoms with E-state index in [0.717, 1.165) is 5.56 Å². The summed E-state index contributed by atoms with van der Waals surface area (Å²) in [7, 11) is 0. The zero-order chi connectivity index (χ0) is 19.8. The lowest BCUT2D eigenvalue weighted by Gasteiger charge is -2.46. The second-order valence-corrected chi connectivity index (χ2v) is 7.90. The number of benzene rings is 2. The van der Waals surface area contributed by atoms with Crippen LogP contribution in [0.3, 0.4) is 0 Å². The van der Waals surface area contributed by atoms with E-state index in [1.54, 1.807) is 12.1 Å². The molecule has 0 atom stereocenters. The highest BCUT2D eigenvalue weighted by atomic mass is 19.1. The molecule has 0 bridgehead atoms. The molecule has 0 amide bonds. The fraction of sp³-hybridized carbons (Fsp3) is 0.292. The van der Waals surface area contributed by atoms with Crippen molar-refractivity contribution in [3.63, 3.8) is 0 Å². The molecular weight excluding hydrogens is 335 g/mol. The number of hydrogen-bond acceptors (Lipinski definition) is 2. The van der Waals surface area contributed by atoms with Crippen molar-refractivity contribution >= 4 is 22.9 Å². The van der Waals surface area contributed by atoms with Gasteiger partial charge >= 0.3 is 0 Å². The Morgan fingerprint density at radius 3 is 2.41 bits per heavy atom. The molecule has 0 saturated carbocycles. The standard InChI is InChI=1S/C24H25FN2/c1-16(2)27-23-11-6-18(13-22(23)17(3)14-24(27,4)5)12-20(15-26)19-7-9-21(25)10-8-19/h6-14,16H,1-5H3/b20-12-. The molecule has 2 aromatic rings. The van der Waals surface area contributed by atoms with E-state index < -0.39 is 0 Å². The van der Waals surface area contributed by atoms with E-state index in [9.17, 15) is 9.65 Å². The second-order valence-electron chi connectivity index (χ2n) is 7.90. The summed E-state index contributed by atoms with van der Waals surface area (Å²) < 4.78 is 13.2. The zero-order valence-corrected chi connectivity index (χ0v) is 16.5. The number of fused-ring (bicyclic) bond motifs is 1. The Morgan fingerprint density at radius 2 is 1.81 bits per heavy atom. The predicted octanol–water partition coefficient (Wildman–Crippen LogP) is 6.30. The van der Waals surface area contributed by atoms with Gasteiger partial charge in [0.1, 0.15) is 5.82 Å². The van der Waals surface area contributed by atoms with Crippen LogP contribution in [0.4, 0.5) is 10.1 Å². The molecule has 0 fully saturated rings. The summed E-state index contributed by atoms with van der Waals surface area (Å²) in [6, 6.07) is 14.9. The molecule has 0 N–H and O–H groups in total. The third-order valence-corrected chi connectivity index (χ3v) is 5.00. The third-order valence-electron chi connectivity index (χ3n) is 5.00. The van der Waals surface area contributed by atoms with Gasteiger partial charge in [0.25, 0.3) is 0 Å². The van der Waals surface area contributed by atoms with Crippen LogP contribution in [0.1, 0.15) is 51.3 Å². The van der Waals surface area contributed by atoms with Gasteiger partial charge in [-0.25, -0.2) is 4.39 Å². The highest BCUT2D eigenvalue weighted by molar-refractivity contribution is 5.91. The Kier molecular flexibility index (Phi) is 4.93.